The van der Waals surface area contributed by atoms with Crippen LogP contribution in [0.5, 0.6) is 0 Å². The van der Waals surface area contributed by atoms with Crippen molar-refractivity contribution in [2.45, 2.75) is 76.6 Å². The summed E-state index contributed by atoms with van der Waals surface area (Å²) in [5, 5.41) is 0. The molecule has 1 saturated carbocycles. The van der Waals surface area contributed by atoms with E-state index in [0.717, 1.165) is 25.7 Å². The zero-order valence-corrected chi connectivity index (χ0v) is 16.4. The first kappa shape index (κ1) is 19.6. The predicted octanol–water partition coefficient (Wildman–Crippen LogP) is 0.872. The summed E-state index contributed by atoms with van der Waals surface area (Å²) in [6.07, 6.45) is 3.33. The highest BCUT2D eigenvalue weighted by atomic mass is 16.6. The van der Waals surface area contributed by atoms with Gasteiger partial charge in [0.15, 0.2) is 0 Å². The van der Waals surface area contributed by atoms with Crippen LogP contribution >= 0.6 is 0 Å². The van der Waals surface area contributed by atoms with Gasteiger partial charge in [-0.1, -0.05) is 0 Å². The third-order valence-corrected chi connectivity index (χ3v) is 5.64. The van der Waals surface area contributed by atoms with Crippen molar-refractivity contribution in [3.8, 4) is 0 Å². The summed E-state index contributed by atoms with van der Waals surface area (Å²) in [4.78, 5) is 53.6. The number of carbonyl (C=O) groups is 4. The molecule has 2 bridgehead atoms. The van der Waals surface area contributed by atoms with Crippen molar-refractivity contribution in [3.05, 3.63) is 0 Å². The van der Waals surface area contributed by atoms with E-state index in [0.29, 0.717) is 0 Å². The Labute approximate surface area is 159 Å². The van der Waals surface area contributed by atoms with Crippen molar-refractivity contribution in [2.75, 3.05) is 13.7 Å². The number of rotatable bonds is 4. The normalized spacial score (nSPS) is 30.2. The number of hydrogen-bond donors (Lipinski definition) is 0. The zero-order chi connectivity index (χ0) is 19.9. The molecule has 4 aliphatic rings. The average molecular weight is 380 g/mol. The lowest BCUT2D eigenvalue weighted by atomic mass is 9.72. The number of carbonyl (C=O) groups excluding carboxylic acids is 4. The number of ether oxygens (including phenoxy) is 2. The van der Waals surface area contributed by atoms with Crippen LogP contribution in [-0.2, 0) is 28.7 Å². The van der Waals surface area contributed by atoms with Crippen LogP contribution in [0.25, 0.3) is 0 Å². The molecule has 2 atom stereocenters. The summed E-state index contributed by atoms with van der Waals surface area (Å²) in [5.41, 5.74) is -0.701. The van der Waals surface area contributed by atoms with Gasteiger partial charge in [-0.15, -0.1) is 0 Å². The molecule has 3 saturated heterocycles. The van der Waals surface area contributed by atoms with Gasteiger partial charge in [0.05, 0.1) is 13.5 Å². The van der Waals surface area contributed by atoms with Gasteiger partial charge in [0.25, 0.3) is 0 Å². The molecule has 4 rings (SSSR count). The second kappa shape index (κ2) is 7.13. The Balaban J connectivity index is 1.87. The minimum absolute atomic E-state index is 0.0419. The van der Waals surface area contributed by atoms with Crippen LogP contribution in [0.3, 0.4) is 0 Å². The second-order valence-corrected chi connectivity index (χ2v) is 8.61. The first-order valence-corrected chi connectivity index (χ1v) is 9.53. The average Bonchev–Trinajstić information content (AvgIpc) is 2.61. The van der Waals surface area contributed by atoms with E-state index in [-0.39, 0.29) is 36.7 Å². The Kier molecular flexibility index (Phi) is 5.18. The van der Waals surface area contributed by atoms with Crippen LogP contribution in [0.1, 0.15) is 52.9 Å². The minimum atomic E-state index is -1.02. The van der Waals surface area contributed by atoms with E-state index in [1.54, 1.807) is 25.7 Å². The fourth-order valence-corrected chi connectivity index (χ4v) is 4.56. The molecule has 3 heterocycles. The summed E-state index contributed by atoms with van der Waals surface area (Å²) in [7, 11) is 1.24. The first-order chi connectivity index (χ1) is 12.6. The highest BCUT2D eigenvalue weighted by Gasteiger charge is 2.55. The molecule has 2 amide bonds. The van der Waals surface area contributed by atoms with Crippen LogP contribution in [-0.4, -0.2) is 70.9 Å². The Bertz CT molecular complexity index is 647. The standard InChI is InChI=1S/C19H28N2O6/c1-19(2,3)27-15(23)10-20-13(9-14(22)26-4)17(24)21-12-7-5-11(6-8-12)16(21)18(20)25/h11-13,16H,5-10H2,1-4H3/t11?,12?,13-,16-/m0/s1. The number of fused-ring (bicyclic) bond motifs is 2. The maximum absolute atomic E-state index is 13.2. The lowest BCUT2D eigenvalue weighted by Gasteiger charge is -2.56. The van der Waals surface area contributed by atoms with Crippen molar-refractivity contribution in [3.63, 3.8) is 0 Å². The Morgan fingerprint density at radius 3 is 2.22 bits per heavy atom. The van der Waals surface area contributed by atoms with Crippen molar-refractivity contribution in [2.24, 2.45) is 5.92 Å². The van der Waals surface area contributed by atoms with Crippen molar-refractivity contribution < 1.29 is 28.7 Å². The molecule has 0 spiro atoms. The van der Waals surface area contributed by atoms with Gasteiger partial charge in [-0.05, 0) is 52.4 Å². The molecule has 0 unspecified atom stereocenters. The molecule has 8 heteroatoms. The van der Waals surface area contributed by atoms with E-state index in [1.165, 1.54) is 12.0 Å². The van der Waals surface area contributed by atoms with Gasteiger partial charge in [0, 0.05) is 6.04 Å². The molecular formula is C19H28N2O6. The van der Waals surface area contributed by atoms with Crippen molar-refractivity contribution in [1.82, 2.24) is 9.80 Å². The van der Waals surface area contributed by atoms with E-state index in [4.69, 9.17) is 9.47 Å². The molecule has 0 aromatic rings. The van der Waals surface area contributed by atoms with Crippen LogP contribution in [0.4, 0.5) is 0 Å². The lowest BCUT2D eigenvalue weighted by Crippen LogP contribution is -2.72. The monoisotopic (exact) mass is 380 g/mol. The quantitative estimate of drug-likeness (QED) is 0.672. The van der Waals surface area contributed by atoms with Gasteiger partial charge in [-0.3, -0.25) is 19.2 Å². The van der Waals surface area contributed by atoms with E-state index in [1.807, 2.05) is 0 Å². The van der Waals surface area contributed by atoms with Gasteiger partial charge < -0.3 is 19.3 Å². The van der Waals surface area contributed by atoms with Crippen molar-refractivity contribution in [1.29, 1.82) is 0 Å². The number of amides is 2. The fourth-order valence-electron chi connectivity index (χ4n) is 4.56. The molecule has 4 fully saturated rings. The molecule has 0 aromatic carbocycles. The van der Waals surface area contributed by atoms with Gasteiger partial charge in [-0.25, -0.2) is 0 Å². The largest absolute Gasteiger partial charge is 0.469 e. The number of piperazine rings is 1. The van der Waals surface area contributed by atoms with Crippen LogP contribution < -0.4 is 0 Å². The second-order valence-electron chi connectivity index (χ2n) is 8.61. The lowest BCUT2D eigenvalue weighted by molar-refractivity contribution is -0.181. The van der Waals surface area contributed by atoms with Crippen LogP contribution in [0.15, 0.2) is 0 Å². The minimum Gasteiger partial charge on any atom is -0.469 e. The molecule has 0 N–H and O–H groups in total. The Morgan fingerprint density at radius 2 is 1.67 bits per heavy atom. The number of methoxy groups -OCH3 is 1. The number of piperidine rings is 2. The molecule has 1 aliphatic carbocycles. The number of nitrogens with zero attached hydrogens (tertiary/aromatic N) is 2. The number of hydrogen-bond acceptors (Lipinski definition) is 6. The third-order valence-electron chi connectivity index (χ3n) is 5.64. The summed E-state index contributed by atoms with van der Waals surface area (Å²) in [6.45, 7) is 4.87. The van der Waals surface area contributed by atoms with E-state index in [9.17, 15) is 19.2 Å². The topological polar surface area (TPSA) is 93.2 Å². The SMILES string of the molecule is COC(=O)C[C@H]1C(=O)N2C3CCC(CC3)[C@H]2C(=O)N1CC(=O)OC(C)(C)C. The molecule has 0 aromatic heterocycles. The summed E-state index contributed by atoms with van der Waals surface area (Å²) >= 11 is 0. The van der Waals surface area contributed by atoms with Gasteiger partial charge >= 0.3 is 11.9 Å². The Hall–Kier alpha value is -2.12. The van der Waals surface area contributed by atoms with Crippen LogP contribution in [0.2, 0.25) is 0 Å². The summed E-state index contributed by atoms with van der Waals surface area (Å²) in [5.74, 6) is -1.58. The maximum atomic E-state index is 13.2. The van der Waals surface area contributed by atoms with E-state index in [2.05, 4.69) is 0 Å². The first-order valence-electron chi connectivity index (χ1n) is 9.53. The molecule has 27 heavy (non-hydrogen) atoms. The summed E-state index contributed by atoms with van der Waals surface area (Å²) in [6, 6.07) is -1.50. The molecule has 8 nitrogen and oxygen atoms in total. The highest BCUT2D eigenvalue weighted by molar-refractivity contribution is 6.00. The Morgan fingerprint density at radius 1 is 1.04 bits per heavy atom. The van der Waals surface area contributed by atoms with Gasteiger partial charge in [0.1, 0.15) is 24.2 Å². The third kappa shape index (κ3) is 3.80. The zero-order valence-electron chi connectivity index (χ0n) is 16.4. The highest BCUT2D eigenvalue weighted by Crippen LogP contribution is 2.43. The molecule has 0 radical (unpaired) electrons. The molecule has 150 valence electrons. The van der Waals surface area contributed by atoms with E-state index >= 15 is 0 Å². The smallest absolute Gasteiger partial charge is 0.326 e. The molecule has 3 aliphatic heterocycles. The van der Waals surface area contributed by atoms with Gasteiger partial charge in [0.2, 0.25) is 11.8 Å². The summed E-state index contributed by atoms with van der Waals surface area (Å²) < 4.78 is 10.0. The van der Waals surface area contributed by atoms with E-state index < -0.39 is 29.6 Å². The predicted molar refractivity (Wildman–Crippen MR) is 94.4 cm³/mol. The van der Waals surface area contributed by atoms with Gasteiger partial charge in [-0.2, -0.15) is 0 Å². The number of esters is 2. The maximum Gasteiger partial charge on any atom is 0.326 e. The molecular weight excluding hydrogens is 352 g/mol. The van der Waals surface area contributed by atoms with Crippen LogP contribution in [0, 0.1) is 5.92 Å². The fraction of sp³-hybridized carbons (Fsp3) is 0.789. The van der Waals surface area contributed by atoms with Crippen molar-refractivity contribution >= 4 is 23.8 Å².